The molecule has 146 valence electrons. The third-order valence-electron chi connectivity index (χ3n) is 4.46. The summed E-state index contributed by atoms with van der Waals surface area (Å²) in [6.45, 7) is 6.23. The van der Waals surface area contributed by atoms with Crippen LogP contribution in [-0.4, -0.2) is 23.5 Å². The SMILES string of the molecule is CCOc1cccc(-c2nc(-c3ccc(CC[C@H](C)NC(C)=O)cc3)cs2)c1. The quantitative estimate of drug-likeness (QED) is 0.561. The second-order valence-electron chi connectivity index (χ2n) is 6.84. The van der Waals surface area contributed by atoms with E-state index in [9.17, 15) is 4.79 Å². The summed E-state index contributed by atoms with van der Waals surface area (Å²) in [6, 6.07) is 16.8. The number of carbonyl (C=O) groups excluding carboxylic acids is 1. The largest absolute Gasteiger partial charge is 0.494 e. The van der Waals surface area contributed by atoms with Crippen LogP contribution in [0.15, 0.2) is 53.9 Å². The summed E-state index contributed by atoms with van der Waals surface area (Å²) in [5.74, 6) is 0.892. The summed E-state index contributed by atoms with van der Waals surface area (Å²) >= 11 is 1.64. The van der Waals surface area contributed by atoms with Crippen molar-refractivity contribution in [1.29, 1.82) is 0 Å². The summed E-state index contributed by atoms with van der Waals surface area (Å²) in [4.78, 5) is 15.9. The molecule has 4 nitrogen and oxygen atoms in total. The Balaban J connectivity index is 1.66. The fourth-order valence-electron chi connectivity index (χ4n) is 3.07. The van der Waals surface area contributed by atoms with Gasteiger partial charge in [-0.25, -0.2) is 4.98 Å². The first-order chi connectivity index (χ1) is 13.5. The summed E-state index contributed by atoms with van der Waals surface area (Å²) in [5, 5.41) is 6.01. The number of ether oxygens (including phenoxy) is 1. The van der Waals surface area contributed by atoms with Crippen LogP contribution < -0.4 is 10.1 Å². The van der Waals surface area contributed by atoms with Gasteiger partial charge in [-0.1, -0.05) is 36.4 Å². The average Bonchev–Trinajstić information content (AvgIpc) is 3.17. The Hall–Kier alpha value is -2.66. The molecular formula is C23H26N2O2S. The highest BCUT2D eigenvalue weighted by atomic mass is 32.1. The van der Waals surface area contributed by atoms with E-state index in [1.165, 1.54) is 5.56 Å². The van der Waals surface area contributed by atoms with Gasteiger partial charge in [0, 0.05) is 29.5 Å². The van der Waals surface area contributed by atoms with E-state index in [1.807, 2.05) is 32.0 Å². The molecule has 0 saturated carbocycles. The molecule has 0 unspecified atom stereocenters. The topological polar surface area (TPSA) is 51.2 Å². The molecule has 1 heterocycles. The normalized spacial score (nSPS) is 11.8. The molecular weight excluding hydrogens is 368 g/mol. The average molecular weight is 395 g/mol. The molecule has 0 spiro atoms. The summed E-state index contributed by atoms with van der Waals surface area (Å²) < 4.78 is 5.59. The van der Waals surface area contributed by atoms with Crippen molar-refractivity contribution in [3.05, 3.63) is 59.5 Å². The Morgan fingerprint density at radius 1 is 1.18 bits per heavy atom. The second kappa shape index (κ2) is 9.51. The molecule has 1 aromatic heterocycles. The van der Waals surface area contributed by atoms with E-state index < -0.39 is 0 Å². The van der Waals surface area contributed by atoms with Crippen LogP contribution in [-0.2, 0) is 11.2 Å². The van der Waals surface area contributed by atoms with Crippen LogP contribution in [0.2, 0.25) is 0 Å². The van der Waals surface area contributed by atoms with Gasteiger partial charge < -0.3 is 10.1 Å². The summed E-state index contributed by atoms with van der Waals surface area (Å²) in [6.07, 6.45) is 1.87. The summed E-state index contributed by atoms with van der Waals surface area (Å²) in [7, 11) is 0. The second-order valence-corrected chi connectivity index (χ2v) is 7.69. The zero-order valence-electron chi connectivity index (χ0n) is 16.6. The van der Waals surface area contributed by atoms with E-state index in [-0.39, 0.29) is 11.9 Å². The molecule has 5 heteroatoms. The number of aromatic nitrogens is 1. The predicted octanol–water partition coefficient (Wildman–Crippen LogP) is 5.33. The first-order valence-electron chi connectivity index (χ1n) is 9.60. The number of nitrogens with one attached hydrogen (secondary N) is 1. The van der Waals surface area contributed by atoms with Crippen LogP contribution in [0.5, 0.6) is 5.75 Å². The maximum atomic E-state index is 11.1. The fraction of sp³-hybridized carbons (Fsp3) is 0.304. The Bertz CT molecular complexity index is 918. The Kier molecular flexibility index (Phi) is 6.82. The van der Waals surface area contributed by atoms with Gasteiger partial charge in [0.1, 0.15) is 10.8 Å². The van der Waals surface area contributed by atoms with Crippen molar-refractivity contribution in [1.82, 2.24) is 10.3 Å². The monoisotopic (exact) mass is 394 g/mol. The molecule has 0 aliphatic rings. The molecule has 0 fully saturated rings. The van der Waals surface area contributed by atoms with E-state index >= 15 is 0 Å². The number of carbonyl (C=O) groups is 1. The van der Waals surface area contributed by atoms with Gasteiger partial charge in [-0.3, -0.25) is 4.79 Å². The third kappa shape index (κ3) is 5.42. The minimum absolute atomic E-state index is 0.0222. The van der Waals surface area contributed by atoms with Crippen molar-refractivity contribution in [2.45, 2.75) is 39.7 Å². The van der Waals surface area contributed by atoms with Crippen molar-refractivity contribution < 1.29 is 9.53 Å². The number of hydrogen-bond acceptors (Lipinski definition) is 4. The smallest absolute Gasteiger partial charge is 0.217 e. The van der Waals surface area contributed by atoms with E-state index in [0.29, 0.717) is 6.61 Å². The number of amides is 1. The van der Waals surface area contributed by atoms with Crippen LogP contribution in [0.1, 0.15) is 32.8 Å². The van der Waals surface area contributed by atoms with Crippen molar-refractivity contribution in [2.75, 3.05) is 6.61 Å². The minimum Gasteiger partial charge on any atom is -0.494 e. The van der Waals surface area contributed by atoms with Gasteiger partial charge in [-0.15, -0.1) is 11.3 Å². The van der Waals surface area contributed by atoms with Crippen molar-refractivity contribution in [3.8, 4) is 27.6 Å². The van der Waals surface area contributed by atoms with Crippen LogP contribution in [0.4, 0.5) is 0 Å². The maximum Gasteiger partial charge on any atom is 0.217 e. The molecule has 1 atom stereocenters. The highest BCUT2D eigenvalue weighted by Gasteiger charge is 2.09. The van der Waals surface area contributed by atoms with Gasteiger partial charge in [0.15, 0.2) is 0 Å². The van der Waals surface area contributed by atoms with Crippen LogP contribution in [0, 0.1) is 0 Å². The van der Waals surface area contributed by atoms with Crippen molar-refractivity contribution in [2.24, 2.45) is 0 Å². The number of benzene rings is 2. The highest BCUT2D eigenvalue weighted by Crippen LogP contribution is 2.30. The first kappa shape index (κ1) is 20.1. The lowest BCUT2D eigenvalue weighted by molar-refractivity contribution is -0.119. The molecule has 1 amide bonds. The molecule has 0 radical (unpaired) electrons. The maximum absolute atomic E-state index is 11.1. The molecule has 2 aromatic carbocycles. The standard InChI is InChI=1S/C23H26N2O2S/c1-4-27-21-7-5-6-20(14-21)23-25-22(15-28-23)19-12-10-18(11-13-19)9-8-16(2)24-17(3)26/h5-7,10-16H,4,8-9H2,1-3H3,(H,24,26)/t16-/m0/s1. The Morgan fingerprint density at radius 2 is 1.96 bits per heavy atom. The van der Waals surface area contributed by atoms with E-state index in [0.717, 1.165) is 40.4 Å². The number of thiazole rings is 1. The molecule has 28 heavy (non-hydrogen) atoms. The minimum atomic E-state index is 0.0222. The van der Waals surface area contributed by atoms with Gasteiger partial charge >= 0.3 is 0 Å². The molecule has 0 aliphatic heterocycles. The lowest BCUT2D eigenvalue weighted by Gasteiger charge is -2.12. The molecule has 0 bridgehead atoms. The van der Waals surface area contributed by atoms with Gasteiger partial charge in [-0.05, 0) is 44.4 Å². The number of rotatable bonds is 8. The van der Waals surface area contributed by atoms with Gasteiger partial charge in [0.05, 0.1) is 12.3 Å². The van der Waals surface area contributed by atoms with E-state index in [2.05, 4.69) is 41.0 Å². The number of aryl methyl sites for hydroxylation is 1. The Labute approximate surface area is 170 Å². The predicted molar refractivity (Wildman–Crippen MR) is 116 cm³/mol. The first-order valence-corrected chi connectivity index (χ1v) is 10.5. The molecule has 0 aliphatic carbocycles. The van der Waals surface area contributed by atoms with Crippen LogP contribution in [0.25, 0.3) is 21.8 Å². The van der Waals surface area contributed by atoms with Crippen molar-refractivity contribution in [3.63, 3.8) is 0 Å². The van der Waals surface area contributed by atoms with Crippen LogP contribution in [0.3, 0.4) is 0 Å². The zero-order chi connectivity index (χ0) is 19.9. The van der Waals surface area contributed by atoms with E-state index in [1.54, 1.807) is 18.3 Å². The molecule has 0 saturated heterocycles. The van der Waals surface area contributed by atoms with E-state index in [4.69, 9.17) is 9.72 Å². The molecule has 1 N–H and O–H groups in total. The zero-order valence-corrected chi connectivity index (χ0v) is 17.4. The van der Waals surface area contributed by atoms with Crippen molar-refractivity contribution >= 4 is 17.2 Å². The molecule has 3 rings (SSSR count). The lowest BCUT2D eigenvalue weighted by Crippen LogP contribution is -2.30. The fourth-order valence-corrected chi connectivity index (χ4v) is 3.90. The number of hydrogen-bond donors (Lipinski definition) is 1. The highest BCUT2D eigenvalue weighted by molar-refractivity contribution is 7.13. The number of nitrogens with zero attached hydrogens (tertiary/aromatic N) is 1. The third-order valence-corrected chi connectivity index (χ3v) is 5.35. The Morgan fingerprint density at radius 3 is 2.68 bits per heavy atom. The van der Waals surface area contributed by atoms with Gasteiger partial charge in [0.25, 0.3) is 0 Å². The van der Waals surface area contributed by atoms with Gasteiger partial charge in [0.2, 0.25) is 5.91 Å². The van der Waals surface area contributed by atoms with Gasteiger partial charge in [-0.2, -0.15) is 0 Å². The molecule has 3 aromatic rings. The lowest BCUT2D eigenvalue weighted by atomic mass is 10.0. The van der Waals surface area contributed by atoms with Crippen LogP contribution >= 0.6 is 11.3 Å². The summed E-state index contributed by atoms with van der Waals surface area (Å²) in [5.41, 5.74) is 4.44.